The fourth-order valence-electron chi connectivity index (χ4n) is 1.95. The molecule has 5 nitrogen and oxygen atoms in total. The highest BCUT2D eigenvalue weighted by molar-refractivity contribution is 5.71. The van der Waals surface area contributed by atoms with Gasteiger partial charge in [0, 0.05) is 6.07 Å². The van der Waals surface area contributed by atoms with Gasteiger partial charge in [-0.2, -0.15) is 4.98 Å². The van der Waals surface area contributed by atoms with Crippen LogP contribution in [-0.2, 0) is 6.54 Å². The first kappa shape index (κ1) is 11.5. The Kier molecular flexibility index (Phi) is 3.15. The zero-order chi connectivity index (χ0) is 12.4. The summed E-state index contributed by atoms with van der Waals surface area (Å²) < 4.78 is 5.36. The van der Waals surface area contributed by atoms with E-state index in [0.717, 1.165) is 36.0 Å². The molecule has 5 heteroatoms. The number of H-pyrrole nitrogens is 1. The van der Waals surface area contributed by atoms with Gasteiger partial charge in [0.25, 0.3) is 0 Å². The maximum absolute atomic E-state index is 5.36. The van der Waals surface area contributed by atoms with Crippen molar-refractivity contribution < 1.29 is 4.74 Å². The fraction of sp³-hybridized carbons (Fsp3) is 0.538. The van der Waals surface area contributed by atoms with Crippen LogP contribution in [0.1, 0.15) is 25.6 Å². The predicted octanol–water partition coefficient (Wildman–Crippen LogP) is 1.86. The second-order valence-corrected chi connectivity index (χ2v) is 4.71. The monoisotopic (exact) mass is 246 g/mol. The summed E-state index contributed by atoms with van der Waals surface area (Å²) in [5.41, 5.74) is 1.69. The van der Waals surface area contributed by atoms with Crippen molar-refractivity contribution in [3.8, 4) is 5.88 Å². The van der Waals surface area contributed by atoms with Gasteiger partial charge in [-0.05, 0) is 38.3 Å². The molecule has 0 atom stereocenters. The van der Waals surface area contributed by atoms with Crippen molar-refractivity contribution in [2.45, 2.75) is 26.3 Å². The first-order valence-electron chi connectivity index (χ1n) is 6.54. The van der Waals surface area contributed by atoms with Crippen molar-refractivity contribution in [2.24, 2.45) is 5.92 Å². The second-order valence-electron chi connectivity index (χ2n) is 4.71. The van der Waals surface area contributed by atoms with Gasteiger partial charge in [0.05, 0.1) is 18.7 Å². The van der Waals surface area contributed by atoms with E-state index >= 15 is 0 Å². The highest BCUT2D eigenvalue weighted by atomic mass is 16.5. The molecule has 1 fully saturated rings. The highest BCUT2D eigenvalue weighted by Gasteiger charge is 2.20. The molecule has 2 aromatic heterocycles. The van der Waals surface area contributed by atoms with Crippen LogP contribution in [0.25, 0.3) is 11.2 Å². The molecule has 0 radical (unpaired) electrons. The van der Waals surface area contributed by atoms with E-state index in [1.54, 1.807) is 0 Å². The zero-order valence-electron chi connectivity index (χ0n) is 10.6. The summed E-state index contributed by atoms with van der Waals surface area (Å²) in [6.45, 7) is 4.44. The van der Waals surface area contributed by atoms with E-state index in [1.165, 1.54) is 12.8 Å². The second kappa shape index (κ2) is 4.94. The third-order valence-electron chi connectivity index (χ3n) is 3.08. The number of fused-ring (bicyclic) bond motifs is 1. The Labute approximate surface area is 106 Å². The van der Waals surface area contributed by atoms with E-state index in [0.29, 0.717) is 12.5 Å². The number of nitrogens with zero attached hydrogens (tertiary/aromatic N) is 2. The Hall–Kier alpha value is -1.62. The van der Waals surface area contributed by atoms with E-state index in [4.69, 9.17) is 4.74 Å². The zero-order valence-corrected chi connectivity index (χ0v) is 10.6. The molecule has 0 aromatic carbocycles. The molecule has 2 N–H and O–H groups in total. The Balaban J connectivity index is 1.68. The quantitative estimate of drug-likeness (QED) is 0.816. The molecule has 0 aliphatic heterocycles. The largest absolute Gasteiger partial charge is 0.478 e. The van der Waals surface area contributed by atoms with E-state index in [-0.39, 0.29) is 0 Å². The van der Waals surface area contributed by atoms with Crippen LogP contribution in [0.3, 0.4) is 0 Å². The molecule has 18 heavy (non-hydrogen) atoms. The van der Waals surface area contributed by atoms with Gasteiger partial charge in [0.1, 0.15) is 5.82 Å². The molecule has 1 saturated carbocycles. The molecule has 1 aliphatic rings. The van der Waals surface area contributed by atoms with E-state index in [2.05, 4.69) is 20.3 Å². The number of pyridine rings is 1. The minimum atomic E-state index is 0.624. The minimum absolute atomic E-state index is 0.624. The topological polar surface area (TPSA) is 62.8 Å². The maximum Gasteiger partial charge on any atom is 0.215 e. The Morgan fingerprint density at radius 1 is 1.39 bits per heavy atom. The van der Waals surface area contributed by atoms with Crippen LogP contribution in [0, 0.1) is 5.92 Å². The van der Waals surface area contributed by atoms with Crippen LogP contribution in [0.2, 0.25) is 0 Å². The minimum Gasteiger partial charge on any atom is -0.478 e. The standard InChI is InChI=1S/C13H18N4O/c1-2-18-12-6-5-10-13(17-12)16-11(15-10)8-14-7-9-3-4-9/h5-6,9,14H,2-4,7-8H2,1H3,(H,15,16,17). The lowest BCUT2D eigenvalue weighted by Crippen LogP contribution is -2.16. The molecule has 0 spiro atoms. The lowest BCUT2D eigenvalue weighted by Gasteiger charge is -1.99. The normalized spacial score (nSPS) is 15.2. The van der Waals surface area contributed by atoms with Crippen molar-refractivity contribution >= 4 is 11.2 Å². The summed E-state index contributed by atoms with van der Waals surface area (Å²) in [6.07, 6.45) is 2.73. The molecule has 0 unspecified atom stereocenters. The van der Waals surface area contributed by atoms with Gasteiger partial charge in [-0.3, -0.25) is 0 Å². The number of hydrogen-bond acceptors (Lipinski definition) is 4. The first-order valence-corrected chi connectivity index (χ1v) is 6.54. The molecule has 1 aliphatic carbocycles. The molecule has 2 heterocycles. The van der Waals surface area contributed by atoms with Crippen LogP contribution >= 0.6 is 0 Å². The Morgan fingerprint density at radius 2 is 2.28 bits per heavy atom. The molecular weight excluding hydrogens is 228 g/mol. The SMILES string of the molecule is CCOc1ccc2[nH]c(CNCC3CC3)nc2n1. The van der Waals surface area contributed by atoms with Gasteiger partial charge in [-0.15, -0.1) is 0 Å². The van der Waals surface area contributed by atoms with Crippen LogP contribution in [0.15, 0.2) is 12.1 Å². The number of aromatic amines is 1. The summed E-state index contributed by atoms with van der Waals surface area (Å²) in [6, 6.07) is 3.83. The highest BCUT2D eigenvalue weighted by Crippen LogP contribution is 2.27. The fourth-order valence-corrected chi connectivity index (χ4v) is 1.95. The van der Waals surface area contributed by atoms with Crippen molar-refractivity contribution in [3.63, 3.8) is 0 Å². The summed E-state index contributed by atoms with van der Waals surface area (Å²) in [5.74, 6) is 2.46. The van der Waals surface area contributed by atoms with Gasteiger partial charge in [-0.25, -0.2) is 4.98 Å². The molecular formula is C13H18N4O. The number of aromatic nitrogens is 3. The molecule has 96 valence electrons. The maximum atomic E-state index is 5.36. The van der Waals surface area contributed by atoms with E-state index in [1.807, 2.05) is 19.1 Å². The number of rotatable bonds is 6. The summed E-state index contributed by atoms with van der Waals surface area (Å²) in [5, 5.41) is 3.41. The number of hydrogen-bond donors (Lipinski definition) is 2. The van der Waals surface area contributed by atoms with Crippen LogP contribution in [0.4, 0.5) is 0 Å². The van der Waals surface area contributed by atoms with Gasteiger partial charge in [0.2, 0.25) is 5.88 Å². The molecule has 0 bridgehead atoms. The molecule has 2 aromatic rings. The number of nitrogens with one attached hydrogen (secondary N) is 2. The number of imidazole rings is 1. The third kappa shape index (κ3) is 2.61. The summed E-state index contributed by atoms with van der Waals surface area (Å²) in [4.78, 5) is 12.1. The van der Waals surface area contributed by atoms with Gasteiger partial charge >= 0.3 is 0 Å². The van der Waals surface area contributed by atoms with Crippen LogP contribution in [-0.4, -0.2) is 28.1 Å². The van der Waals surface area contributed by atoms with Crippen LogP contribution in [0.5, 0.6) is 5.88 Å². The molecule has 3 rings (SSSR count). The third-order valence-corrected chi connectivity index (χ3v) is 3.08. The number of ether oxygens (including phenoxy) is 1. The van der Waals surface area contributed by atoms with E-state index in [9.17, 15) is 0 Å². The molecule has 0 amide bonds. The van der Waals surface area contributed by atoms with Crippen molar-refractivity contribution in [2.75, 3.05) is 13.2 Å². The van der Waals surface area contributed by atoms with Crippen LogP contribution < -0.4 is 10.1 Å². The lowest BCUT2D eigenvalue weighted by atomic mass is 10.4. The van der Waals surface area contributed by atoms with Crippen molar-refractivity contribution in [1.29, 1.82) is 0 Å². The Bertz CT molecular complexity index is 533. The Morgan fingerprint density at radius 3 is 3.06 bits per heavy atom. The summed E-state index contributed by atoms with van der Waals surface area (Å²) >= 11 is 0. The van der Waals surface area contributed by atoms with Crippen molar-refractivity contribution in [1.82, 2.24) is 20.3 Å². The smallest absolute Gasteiger partial charge is 0.215 e. The van der Waals surface area contributed by atoms with Gasteiger partial charge in [0.15, 0.2) is 5.65 Å². The average Bonchev–Trinajstić information content (AvgIpc) is 3.08. The van der Waals surface area contributed by atoms with Gasteiger partial charge in [-0.1, -0.05) is 0 Å². The lowest BCUT2D eigenvalue weighted by molar-refractivity contribution is 0.328. The first-order chi connectivity index (χ1) is 8.85. The average molecular weight is 246 g/mol. The van der Waals surface area contributed by atoms with E-state index < -0.39 is 0 Å². The summed E-state index contributed by atoms with van der Waals surface area (Å²) in [7, 11) is 0. The van der Waals surface area contributed by atoms with Crippen molar-refractivity contribution in [3.05, 3.63) is 18.0 Å². The predicted molar refractivity (Wildman–Crippen MR) is 69.5 cm³/mol. The van der Waals surface area contributed by atoms with Gasteiger partial charge < -0.3 is 15.0 Å². The molecule has 0 saturated heterocycles.